The van der Waals surface area contributed by atoms with Gasteiger partial charge < -0.3 is 0 Å². The van der Waals surface area contributed by atoms with Crippen molar-refractivity contribution in [1.29, 1.82) is 0 Å². The van der Waals surface area contributed by atoms with E-state index in [-0.39, 0.29) is 5.56 Å². The van der Waals surface area contributed by atoms with Gasteiger partial charge in [0.05, 0.1) is 0 Å². The number of aromatic nitrogens is 1. The lowest BCUT2D eigenvalue weighted by molar-refractivity contribution is -0.143. The standard InChI is InChI=1S/C12H7F4N/c13-10-9(8-4-2-1-3-5-8)6-7-17-11(10)12(14,15)16/h1-7H. The van der Waals surface area contributed by atoms with Gasteiger partial charge in [0.2, 0.25) is 0 Å². The molecule has 5 heteroatoms. The van der Waals surface area contributed by atoms with Crippen molar-refractivity contribution in [2.24, 2.45) is 0 Å². The number of rotatable bonds is 1. The van der Waals surface area contributed by atoms with Crippen LogP contribution in [0.3, 0.4) is 0 Å². The van der Waals surface area contributed by atoms with E-state index in [0.717, 1.165) is 6.20 Å². The Bertz CT molecular complexity index is 520. The molecule has 17 heavy (non-hydrogen) atoms. The second kappa shape index (κ2) is 4.16. The van der Waals surface area contributed by atoms with E-state index >= 15 is 0 Å². The van der Waals surface area contributed by atoms with Crippen molar-refractivity contribution in [2.75, 3.05) is 0 Å². The largest absolute Gasteiger partial charge is 0.436 e. The number of benzene rings is 1. The van der Waals surface area contributed by atoms with Gasteiger partial charge in [-0.25, -0.2) is 9.37 Å². The molecular formula is C12H7F4N. The summed E-state index contributed by atoms with van der Waals surface area (Å²) >= 11 is 0. The van der Waals surface area contributed by atoms with Crippen molar-refractivity contribution in [1.82, 2.24) is 4.98 Å². The molecule has 0 fully saturated rings. The van der Waals surface area contributed by atoms with Gasteiger partial charge in [0.1, 0.15) is 0 Å². The number of hydrogen-bond acceptors (Lipinski definition) is 1. The summed E-state index contributed by atoms with van der Waals surface area (Å²) in [6.45, 7) is 0. The molecule has 0 amide bonds. The lowest BCUT2D eigenvalue weighted by Crippen LogP contribution is -2.11. The van der Waals surface area contributed by atoms with Gasteiger partial charge in [-0.1, -0.05) is 30.3 Å². The monoisotopic (exact) mass is 241 g/mol. The lowest BCUT2D eigenvalue weighted by Gasteiger charge is -2.09. The van der Waals surface area contributed by atoms with E-state index in [1.807, 2.05) is 0 Å². The third kappa shape index (κ3) is 2.27. The molecule has 0 bridgehead atoms. The van der Waals surface area contributed by atoms with Crippen LogP contribution in [-0.4, -0.2) is 4.98 Å². The molecule has 0 radical (unpaired) electrons. The third-order valence-electron chi connectivity index (χ3n) is 2.24. The minimum Gasteiger partial charge on any atom is -0.249 e. The molecule has 0 aliphatic carbocycles. The fourth-order valence-electron chi connectivity index (χ4n) is 1.48. The van der Waals surface area contributed by atoms with Gasteiger partial charge in [-0.15, -0.1) is 0 Å². The molecule has 0 saturated carbocycles. The van der Waals surface area contributed by atoms with Gasteiger partial charge in [0, 0.05) is 11.8 Å². The molecule has 1 nitrogen and oxygen atoms in total. The molecule has 2 rings (SSSR count). The predicted molar refractivity (Wildman–Crippen MR) is 54.6 cm³/mol. The molecule has 0 spiro atoms. The van der Waals surface area contributed by atoms with Gasteiger partial charge in [-0.05, 0) is 11.6 Å². The van der Waals surface area contributed by atoms with E-state index in [1.165, 1.54) is 6.07 Å². The summed E-state index contributed by atoms with van der Waals surface area (Å²) in [5.74, 6) is -1.34. The highest BCUT2D eigenvalue weighted by atomic mass is 19.4. The highest BCUT2D eigenvalue weighted by Gasteiger charge is 2.37. The average Bonchev–Trinajstić information content (AvgIpc) is 2.29. The van der Waals surface area contributed by atoms with E-state index < -0.39 is 17.7 Å². The summed E-state index contributed by atoms with van der Waals surface area (Å²) < 4.78 is 51.0. The molecule has 1 aromatic carbocycles. The zero-order chi connectivity index (χ0) is 12.5. The minimum absolute atomic E-state index is 0.104. The molecule has 0 unspecified atom stereocenters. The number of nitrogens with zero attached hydrogens (tertiary/aromatic N) is 1. The fraction of sp³-hybridized carbons (Fsp3) is 0.0833. The van der Waals surface area contributed by atoms with E-state index in [0.29, 0.717) is 5.56 Å². The first kappa shape index (κ1) is 11.6. The van der Waals surface area contributed by atoms with Gasteiger partial charge >= 0.3 is 6.18 Å². The van der Waals surface area contributed by atoms with Crippen molar-refractivity contribution in [3.8, 4) is 11.1 Å². The van der Waals surface area contributed by atoms with Crippen LogP contribution < -0.4 is 0 Å². The smallest absolute Gasteiger partial charge is 0.249 e. The van der Waals surface area contributed by atoms with Gasteiger partial charge in [-0.3, -0.25) is 0 Å². The fourth-order valence-corrected chi connectivity index (χ4v) is 1.48. The first-order valence-corrected chi connectivity index (χ1v) is 4.77. The summed E-state index contributed by atoms with van der Waals surface area (Å²) in [5, 5.41) is 0. The average molecular weight is 241 g/mol. The Balaban J connectivity index is 2.58. The first-order chi connectivity index (χ1) is 8.00. The number of hydrogen-bond donors (Lipinski definition) is 0. The summed E-state index contributed by atoms with van der Waals surface area (Å²) in [7, 11) is 0. The van der Waals surface area contributed by atoms with Crippen LogP contribution in [0.1, 0.15) is 5.69 Å². The lowest BCUT2D eigenvalue weighted by atomic mass is 10.1. The summed E-state index contributed by atoms with van der Waals surface area (Å²) in [4.78, 5) is 3.04. The van der Waals surface area contributed by atoms with Crippen molar-refractivity contribution >= 4 is 0 Å². The molecule has 1 heterocycles. The molecule has 0 atom stereocenters. The van der Waals surface area contributed by atoms with Crippen LogP contribution in [0.15, 0.2) is 42.6 Å². The second-order valence-electron chi connectivity index (χ2n) is 3.38. The Morgan fingerprint density at radius 2 is 1.59 bits per heavy atom. The van der Waals surface area contributed by atoms with Crippen molar-refractivity contribution in [3.05, 3.63) is 54.1 Å². The Morgan fingerprint density at radius 1 is 0.941 bits per heavy atom. The summed E-state index contributed by atoms with van der Waals surface area (Å²) in [5.41, 5.74) is -1.20. The van der Waals surface area contributed by atoms with Crippen molar-refractivity contribution in [2.45, 2.75) is 6.18 Å². The van der Waals surface area contributed by atoms with Crippen LogP contribution in [0.25, 0.3) is 11.1 Å². The molecule has 0 aliphatic heterocycles. The van der Waals surface area contributed by atoms with Gasteiger partial charge in [0.25, 0.3) is 0 Å². The van der Waals surface area contributed by atoms with E-state index in [2.05, 4.69) is 4.98 Å². The number of alkyl halides is 3. The van der Waals surface area contributed by atoms with Crippen molar-refractivity contribution < 1.29 is 17.6 Å². The molecular weight excluding hydrogens is 234 g/mol. The maximum Gasteiger partial charge on any atom is 0.436 e. The maximum atomic E-state index is 13.7. The van der Waals surface area contributed by atoms with E-state index in [9.17, 15) is 17.6 Å². The summed E-state index contributed by atoms with van der Waals surface area (Å²) in [6.07, 6.45) is -3.83. The molecule has 0 N–H and O–H groups in total. The van der Waals surface area contributed by atoms with Crippen LogP contribution in [0.4, 0.5) is 17.6 Å². The topological polar surface area (TPSA) is 12.9 Å². The van der Waals surface area contributed by atoms with Crippen LogP contribution in [0.2, 0.25) is 0 Å². The summed E-state index contributed by atoms with van der Waals surface area (Å²) in [6, 6.07) is 9.26. The van der Waals surface area contributed by atoms with Gasteiger partial charge in [-0.2, -0.15) is 13.2 Å². The number of halogens is 4. The molecule has 0 aliphatic rings. The highest BCUT2D eigenvalue weighted by Crippen LogP contribution is 2.33. The maximum absolute atomic E-state index is 13.7. The molecule has 0 saturated heterocycles. The van der Waals surface area contributed by atoms with Crippen LogP contribution in [0.5, 0.6) is 0 Å². The van der Waals surface area contributed by atoms with E-state index in [1.54, 1.807) is 30.3 Å². The van der Waals surface area contributed by atoms with Gasteiger partial charge in [0.15, 0.2) is 11.5 Å². The predicted octanol–water partition coefficient (Wildman–Crippen LogP) is 3.91. The minimum atomic E-state index is -4.78. The van der Waals surface area contributed by atoms with Crippen LogP contribution in [0, 0.1) is 5.82 Å². The van der Waals surface area contributed by atoms with Crippen molar-refractivity contribution in [3.63, 3.8) is 0 Å². The molecule has 88 valence electrons. The Labute approximate surface area is 94.7 Å². The first-order valence-electron chi connectivity index (χ1n) is 4.77. The quantitative estimate of drug-likeness (QED) is 0.690. The molecule has 1 aromatic heterocycles. The third-order valence-corrected chi connectivity index (χ3v) is 2.24. The molecule has 2 aromatic rings. The van der Waals surface area contributed by atoms with Crippen LogP contribution >= 0.6 is 0 Å². The Morgan fingerprint density at radius 3 is 2.18 bits per heavy atom. The Kier molecular flexibility index (Phi) is 2.83. The van der Waals surface area contributed by atoms with Crippen LogP contribution in [-0.2, 0) is 6.18 Å². The zero-order valence-corrected chi connectivity index (χ0v) is 8.50. The van der Waals surface area contributed by atoms with E-state index in [4.69, 9.17) is 0 Å². The highest BCUT2D eigenvalue weighted by molar-refractivity contribution is 5.64. The zero-order valence-electron chi connectivity index (χ0n) is 8.50. The normalized spacial score (nSPS) is 11.5. The second-order valence-corrected chi connectivity index (χ2v) is 3.38. The SMILES string of the molecule is Fc1c(-c2ccccc2)ccnc1C(F)(F)F. The Hall–Kier alpha value is -1.91. The number of pyridine rings is 1.